The van der Waals surface area contributed by atoms with Crippen molar-refractivity contribution in [3.8, 4) is 0 Å². The third-order valence-corrected chi connectivity index (χ3v) is 4.44. The summed E-state index contributed by atoms with van der Waals surface area (Å²) in [5.41, 5.74) is 3.36. The first kappa shape index (κ1) is 16.5. The highest BCUT2D eigenvalue weighted by molar-refractivity contribution is 6.44. The van der Waals surface area contributed by atoms with Gasteiger partial charge in [0.15, 0.2) is 0 Å². The van der Waals surface area contributed by atoms with Crippen LogP contribution < -0.4 is 5.32 Å². The predicted molar refractivity (Wildman–Crippen MR) is 93.9 cm³/mol. The first-order valence-electron chi connectivity index (χ1n) is 7.01. The van der Waals surface area contributed by atoms with Crippen LogP contribution in [0.25, 0.3) is 0 Å². The van der Waals surface area contributed by atoms with E-state index in [-0.39, 0.29) is 6.04 Å². The summed E-state index contributed by atoms with van der Waals surface area (Å²) in [4.78, 5) is 0. The van der Waals surface area contributed by atoms with Gasteiger partial charge in [-0.2, -0.15) is 0 Å². The molecule has 0 radical (unpaired) electrons. The molecule has 1 nitrogen and oxygen atoms in total. The van der Waals surface area contributed by atoms with E-state index < -0.39 is 0 Å². The number of aryl methyl sites for hydroxylation is 1. The molecule has 21 heavy (non-hydrogen) atoms. The number of hydrogen-bond acceptors (Lipinski definition) is 1. The summed E-state index contributed by atoms with van der Waals surface area (Å²) < 4.78 is 0. The van der Waals surface area contributed by atoms with Gasteiger partial charge in [-0.05, 0) is 36.6 Å². The molecule has 112 valence electrons. The molecular formula is C17H18Cl3N. The average Bonchev–Trinajstić information content (AvgIpc) is 2.46. The molecule has 1 unspecified atom stereocenters. The van der Waals surface area contributed by atoms with Crippen LogP contribution in [0.5, 0.6) is 0 Å². The molecule has 0 spiro atoms. The Labute approximate surface area is 141 Å². The van der Waals surface area contributed by atoms with Crippen LogP contribution in [0.3, 0.4) is 0 Å². The van der Waals surface area contributed by atoms with Gasteiger partial charge in [-0.15, -0.1) is 0 Å². The Balaban J connectivity index is 2.14. The molecule has 4 heteroatoms. The van der Waals surface area contributed by atoms with E-state index in [2.05, 4.69) is 43.4 Å². The minimum absolute atomic E-state index is 0.135. The van der Waals surface area contributed by atoms with E-state index in [1.54, 1.807) is 12.1 Å². The van der Waals surface area contributed by atoms with Gasteiger partial charge in [-0.3, -0.25) is 0 Å². The fourth-order valence-corrected chi connectivity index (χ4v) is 2.81. The normalized spacial score (nSPS) is 12.2. The van der Waals surface area contributed by atoms with Crippen molar-refractivity contribution in [2.75, 3.05) is 5.32 Å². The molecule has 0 amide bonds. The van der Waals surface area contributed by atoms with E-state index in [4.69, 9.17) is 34.8 Å². The summed E-state index contributed by atoms with van der Waals surface area (Å²) >= 11 is 18.2. The average molecular weight is 343 g/mol. The summed E-state index contributed by atoms with van der Waals surface area (Å²) in [5, 5.41) is 4.90. The topological polar surface area (TPSA) is 12.0 Å². The third kappa shape index (κ3) is 4.29. The van der Waals surface area contributed by atoms with E-state index in [9.17, 15) is 0 Å². The van der Waals surface area contributed by atoms with Gasteiger partial charge in [-0.25, -0.2) is 0 Å². The lowest BCUT2D eigenvalue weighted by atomic mass is 10.0. The second-order valence-corrected chi connectivity index (χ2v) is 6.33. The molecule has 0 aliphatic rings. The molecule has 0 fully saturated rings. The Morgan fingerprint density at radius 2 is 1.57 bits per heavy atom. The van der Waals surface area contributed by atoms with Crippen molar-refractivity contribution >= 4 is 40.5 Å². The van der Waals surface area contributed by atoms with Gasteiger partial charge in [0.1, 0.15) is 0 Å². The molecule has 0 aliphatic carbocycles. The van der Waals surface area contributed by atoms with Crippen LogP contribution in [0.4, 0.5) is 5.69 Å². The van der Waals surface area contributed by atoms with Crippen molar-refractivity contribution < 1.29 is 0 Å². The number of nitrogens with one attached hydrogen (secondary N) is 1. The van der Waals surface area contributed by atoms with Crippen molar-refractivity contribution in [2.45, 2.75) is 32.7 Å². The maximum Gasteiger partial charge on any atom is 0.0653 e. The summed E-state index contributed by atoms with van der Waals surface area (Å²) in [6, 6.07) is 12.2. The molecule has 2 aromatic rings. The highest BCUT2D eigenvalue weighted by Gasteiger charge is 2.10. The first-order valence-corrected chi connectivity index (χ1v) is 8.14. The lowest BCUT2D eigenvalue weighted by Crippen LogP contribution is -2.07. The van der Waals surface area contributed by atoms with E-state index >= 15 is 0 Å². The molecular weight excluding hydrogens is 325 g/mol. The summed E-state index contributed by atoms with van der Waals surface area (Å²) in [5.74, 6) is 0. The van der Waals surface area contributed by atoms with E-state index in [1.165, 1.54) is 11.1 Å². The number of benzene rings is 2. The van der Waals surface area contributed by atoms with Crippen LogP contribution in [0, 0.1) is 0 Å². The van der Waals surface area contributed by atoms with Gasteiger partial charge in [0.05, 0.1) is 20.8 Å². The number of anilines is 1. The van der Waals surface area contributed by atoms with Crippen molar-refractivity contribution in [1.29, 1.82) is 0 Å². The second kappa shape index (κ2) is 7.40. The van der Waals surface area contributed by atoms with Gasteiger partial charge in [0.25, 0.3) is 0 Å². The summed E-state index contributed by atoms with van der Waals surface area (Å²) in [6.45, 7) is 4.28. The minimum Gasteiger partial charge on any atom is -0.377 e. The van der Waals surface area contributed by atoms with E-state index in [0.717, 1.165) is 18.5 Å². The quantitative estimate of drug-likeness (QED) is 0.591. The Bertz CT molecular complexity index is 608. The Hall–Kier alpha value is -0.890. The van der Waals surface area contributed by atoms with Crippen molar-refractivity contribution in [1.82, 2.24) is 0 Å². The van der Waals surface area contributed by atoms with Crippen molar-refractivity contribution in [3.63, 3.8) is 0 Å². The maximum absolute atomic E-state index is 6.19. The number of hydrogen-bond donors (Lipinski definition) is 1. The van der Waals surface area contributed by atoms with Crippen molar-refractivity contribution in [2.24, 2.45) is 0 Å². The highest BCUT2D eigenvalue weighted by Crippen LogP contribution is 2.34. The fourth-order valence-electron chi connectivity index (χ4n) is 2.21. The standard InChI is InChI=1S/C17H18Cl3N/c1-3-4-12-5-7-13(8-6-12)11(2)21-17-10-15(19)14(18)9-16(17)20/h5-11,21H,3-4H2,1-2H3. The molecule has 0 bridgehead atoms. The lowest BCUT2D eigenvalue weighted by molar-refractivity contribution is 0.876. The molecule has 1 atom stereocenters. The van der Waals surface area contributed by atoms with Crippen molar-refractivity contribution in [3.05, 3.63) is 62.6 Å². The largest absolute Gasteiger partial charge is 0.377 e. The predicted octanol–water partition coefficient (Wildman–Crippen LogP) is 6.77. The second-order valence-electron chi connectivity index (χ2n) is 5.10. The number of rotatable bonds is 5. The monoisotopic (exact) mass is 341 g/mol. The van der Waals surface area contributed by atoms with Crippen LogP contribution in [-0.2, 0) is 6.42 Å². The van der Waals surface area contributed by atoms with E-state index in [1.807, 2.05) is 0 Å². The van der Waals surface area contributed by atoms with Gasteiger partial charge in [0, 0.05) is 6.04 Å². The maximum atomic E-state index is 6.19. The smallest absolute Gasteiger partial charge is 0.0653 e. The van der Waals surface area contributed by atoms with Crippen LogP contribution in [0.1, 0.15) is 37.4 Å². The summed E-state index contributed by atoms with van der Waals surface area (Å²) in [7, 11) is 0. The fraction of sp³-hybridized carbons (Fsp3) is 0.294. The van der Waals surface area contributed by atoms with Gasteiger partial charge in [0.2, 0.25) is 0 Å². The molecule has 0 heterocycles. The summed E-state index contributed by atoms with van der Waals surface area (Å²) in [6.07, 6.45) is 2.27. The van der Waals surface area contributed by atoms with Crippen LogP contribution >= 0.6 is 34.8 Å². The highest BCUT2D eigenvalue weighted by atomic mass is 35.5. The zero-order chi connectivity index (χ0) is 15.4. The van der Waals surface area contributed by atoms with Gasteiger partial charge >= 0.3 is 0 Å². The van der Waals surface area contributed by atoms with Crippen LogP contribution in [0.2, 0.25) is 15.1 Å². The molecule has 0 aromatic heterocycles. The van der Waals surface area contributed by atoms with E-state index in [0.29, 0.717) is 15.1 Å². The molecule has 1 N–H and O–H groups in total. The Morgan fingerprint density at radius 3 is 2.19 bits per heavy atom. The SMILES string of the molecule is CCCc1ccc(C(C)Nc2cc(Cl)c(Cl)cc2Cl)cc1. The molecule has 0 saturated carbocycles. The zero-order valence-electron chi connectivity index (χ0n) is 12.1. The Morgan fingerprint density at radius 1 is 0.952 bits per heavy atom. The first-order chi connectivity index (χ1) is 10.0. The zero-order valence-corrected chi connectivity index (χ0v) is 14.4. The lowest BCUT2D eigenvalue weighted by Gasteiger charge is -2.18. The third-order valence-electron chi connectivity index (χ3n) is 3.40. The van der Waals surface area contributed by atoms with Gasteiger partial charge in [-0.1, -0.05) is 72.4 Å². The van der Waals surface area contributed by atoms with Crippen LogP contribution in [0.15, 0.2) is 36.4 Å². The molecule has 2 rings (SSSR count). The molecule has 0 aliphatic heterocycles. The molecule has 2 aromatic carbocycles. The Kier molecular flexibility index (Phi) is 5.80. The van der Waals surface area contributed by atoms with Gasteiger partial charge < -0.3 is 5.32 Å². The number of halogens is 3. The van der Waals surface area contributed by atoms with Crippen LogP contribution in [-0.4, -0.2) is 0 Å². The molecule has 0 saturated heterocycles. The minimum atomic E-state index is 0.135.